The molecule has 0 saturated carbocycles. The van der Waals surface area contributed by atoms with Gasteiger partial charge >= 0.3 is 0 Å². The lowest BCUT2D eigenvalue weighted by molar-refractivity contribution is 0.294. The lowest BCUT2D eigenvalue weighted by Gasteiger charge is -2.09. The maximum Gasteiger partial charge on any atom is 0.131 e. The van der Waals surface area contributed by atoms with E-state index >= 15 is 0 Å². The van der Waals surface area contributed by atoms with Crippen LogP contribution in [0, 0.1) is 6.92 Å². The molecular weight excluding hydrogens is 306 g/mol. The molecule has 19 heavy (non-hydrogen) atoms. The molecule has 1 atom stereocenters. The molecule has 2 rings (SSSR count). The van der Waals surface area contributed by atoms with Crippen LogP contribution in [0.3, 0.4) is 0 Å². The molecule has 1 aromatic carbocycles. The maximum absolute atomic E-state index is 5.81. The van der Waals surface area contributed by atoms with Crippen molar-refractivity contribution < 1.29 is 4.74 Å². The number of hydrogen-bond donors (Lipinski definition) is 1. The van der Waals surface area contributed by atoms with Crippen molar-refractivity contribution in [2.75, 3.05) is 0 Å². The van der Waals surface area contributed by atoms with Crippen LogP contribution in [0.5, 0.6) is 5.75 Å². The zero-order valence-corrected chi connectivity index (χ0v) is 12.9. The second kappa shape index (κ2) is 5.75. The van der Waals surface area contributed by atoms with Crippen molar-refractivity contribution in [2.45, 2.75) is 26.5 Å². The average molecular weight is 324 g/mol. The van der Waals surface area contributed by atoms with E-state index in [2.05, 4.69) is 21.0 Å². The van der Waals surface area contributed by atoms with E-state index in [-0.39, 0.29) is 6.04 Å². The highest BCUT2D eigenvalue weighted by atomic mass is 79.9. The second-order valence-electron chi connectivity index (χ2n) is 4.62. The van der Waals surface area contributed by atoms with Gasteiger partial charge in [-0.05, 0) is 47.5 Å². The van der Waals surface area contributed by atoms with Crippen LogP contribution < -0.4 is 10.5 Å². The molecule has 1 aromatic heterocycles. The fourth-order valence-electron chi connectivity index (χ4n) is 1.86. The van der Waals surface area contributed by atoms with E-state index in [4.69, 9.17) is 10.5 Å². The maximum atomic E-state index is 5.81. The average Bonchev–Trinajstić information content (AvgIpc) is 2.62. The minimum absolute atomic E-state index is 0.0444. The predicted octanol–water partition coefficient (Wildman–Crippen LogP) is 3.09. The molecule has 102 valence electrons. The van der Waals surface area contributed by atoms with Crippen LogP contribution in [-0.2, 0) is 13.7 Å². The number of hydrogen-bond acceptors (Lipinski definition) is 3. The zero-order valence-electron chi connectivity index (χ0n) is 11.4. The largest absolute Gasteiger partial charge is 0.487 e. The fourth-order valence-corrected chi connectivity index (χ4v) is 2.31. The summed E-state index contributed by atoms with van der Waals surface area (Å²) in [6.45, 7) is 4.41. The lowest BCUT2D eigenvalue weighted by Crippen LogP contribution is -2.05. The topological polar surface area (TPSA) is 53.1 Å². The van der Waals surface area contributed by atoms with Gasteiger partial charge < -0.3 is 10.5 Å². The van der Waals surface area contributed by atoms with Crippen LogP contribution in [-0.4, -0.2) is 9.78 Å². The Labute approximate surface area is 121 Å². The SMILES string of the molecule is Cc1nn(C)c(COc2ccc([C@H](C)N)cc2)c1Br. The van der Waals surface area contributed by atoms with Gasteiger partial charge in [0.15, 0.2) is 0 Å². The number of aromatic nitrogens is 2. The molecule has 2 N–H and O–H groups in total. The number of nitrogens with zero attached hydrogens (tertiary/aromatic N) is 2. The highest BCUT2D eigenvalue weighted by Crippen LogP contribution is 2.22. The molecular formula is C14H18BrN3O. The highest BCUT2D eigenvalue weighted by Gasteiger charge is 2.11. The van der Waals surface area contributed by atoms with Gasteiger partial charge in [0.1, 0.15) is 12.4 Å². The molecule has 0 amide bonds. The molecule has 0 aliphatic heterocycles. The Balaban J connectivity index is 2.06. The number of aryl methyl sites for hydroxylation is 2. The number of benzene rings is 1. The number of halogens is 1. The summed E-state index contributed by atoms with van der Waals surface area (Å²) in [5.41, 5.74) is 8.90. The highest BCUT2D eigenvalue weighted by molar-refractivity contribution is 9.10. The summed E-state index contributed by atoms with van der Waals surface area (Å²) in [5.74, 6) is 0.829. The molecule has 0 unspecified atom stereocenters. The van der Waals surface area contributed by atoms with E-state index in [0.29, 0.717) is 6.61 Å². The molecule has 0 saturated heterocycles. The standard InChI is InChI=1S/C14H18BrN3O/c1-9(16)11-4-6-12(7-5-11)19-8-13-14(15)10(2)17-18(13)3/h4-7,9H,8,16H2,1-3H3/t9-/m0/s1. The van der Waals surface area contributed by atoms with E-state index in [1.807, 2.05) is 49.8 Å². The summed E-state index contributed by atoms with van der Waals surface area (Å²) in [5, 5.41) is 4.33. The van der Waals surface area contributed by atoms with Gasteiger partial charge in [-0.1, -0.05) is 12.1 Å². The van der Waals surface area contributed by atoms with Crippen LogP contribution in [0.15, 0.2) is 28.7 Å². The van der Waals surface area contributed by atoms with Gasteiger partial charge in [-0.25, -0.2) is 0 Å². The Bertz CT molecular complexity index is 561. The molecule has 0 spiro atoms. The van der Waals surface area contributed by atoms with Crippen LogP contribution in [0.1, 0.15) is 29.9 Å². The third-order valence-corrected chi connectivity index (χ3v) is 4.07. The molecule has 2 aromatic rings. The second-order valence-corrected chi connectivity index (χ2v) is 5.41. The summed E-state index contributed by atoms with van der Waals surface area (Å²) < 4.78 is 8.60. The molecule has 0 fully saturated rings. The summed E-state index contributed by atoms with van der Waals surface area (Å²) >= 11 is 3.53. The van der Waals surface area contributed by atoms with Crippen molar-refractivity contribution in [3.05, 3.63) is 45.7 Å². The molecule has 0 aliphatic carbocycles. The van der Waals surface area contributed by atoms with E-state index in [9.17, 15) is 0 Å². The van der Waals surface area contributed by atoms with Crippen molar-refractivity contribution in [3.8, 4) is 5.75 Å². The summed E-state index contributed by atoms with van der Waals surface area (Å²) in [6.07, 6.45) is 0. The van der Waals surface area contributed by atoms with Gasteiger partial charge in [0.2, 0.25) is 0 Å². The van der Waals surface area contributed by atoms with Gasteiger partial charge in [-0.3, -0.25) is 4.68 Å². The Morgan fingerprint density at radius 1 is 1.37 bits per heavy atom. The van der Waals surface area contributed by atoms with Crippen molar-refractivity contribution >= 4 is 15.9 Å². The Kier molecular flexibility index (Phi) is 4.27. The first kappa shape index (κ1) is 14.1. The van der Waals surface area contributed by atoms with Gasteiger partial charge in [-0.15, -0.1) is 0 Å². The van der Waals surface area contributed by atoms with Crippen LogP contribution >= 0.6 is 15.9 Å². The normalized spacial score (nSPS) is 12.5. The fraction of sp³-hybridized carbons (Fsp3) is 0.357. The van der Waals surface area contributed by atoms with Gasteiger partial charge in [0, 0.05) is 13.1 Å². The Hall–Kier alpha value is -1.33. The van der Waals surface area contributed by atoms with Crippen LogP contribution in [0.2, 0.25) is 0 Å². The van der Waals surface area contributed by atoms with Crippen LogP contribution in [0.25, 0.3) is 0 Å². The number of ether oxygens (including phenoxy) is 1. The third kappa shape index (κ3) is 3.16. The lowest BCUT2D eigenvalue weighted by atomic mass is 10.1. The van der Waals surface area contributed by atoms with E-state index < -0.39 is 0 Å². The minimum Gasteiger partial charge on any atom is -0.487 e. The molecule has 0 bridgehead atoms. The van der Waals surface area contributed by atoms with Crippen molar-refractivity contribution in [1.29, 1.82) is 0 Å². The van der Waals surface area contributed by atoms with Gasteiger partial charge in [0.25, 0.3) is 0 Å². The third-order valence-electron chi connectivity index (χ3n) is 3.04. The number of rotatable bonds is 4. The summed E-state index contributed by atoms with van der Waals surface area (Å²) in [7, 11) is 1.91. The van der Waals surface area contributed by atoms with Crippen molar-refractivity contribution in [3.63, 3.8) is 0 Å². The molecule has 0 radical (unpaired) electrons. The summed E-state index contributed by atoms with van der Waals surface area (Å²) in [6, 6.07) is 7.90. The molecule has 4 nitrogen and oxygen atoms in total. The smallest absolute Gasteiger partial charge is 0.131 e. The van der Waals surface area contributed by atoms with Crippen molar-refractivity contribution in [2.24, 2.45) is 12.8 Å². The first-order valence-corrected chi connectivity index (χ1v) is 6.94. The predicted molar refractivity (Wildman–Crippen MR) is 79.0 cm³/mol. The molecule has 5 heteroatoms. The first-order chi connectivity index (χ1) is 8.99. The van der Waals surface area contributed by atoms with Crippen LogP contribution in [0.4, 0.5) is 0 Å². The van der Waals surface area contributed by atoms with E-state index in [1.54, 1.807) is 0 Å². The number of nitrogens with two attached hydrogens (primary N) is 1. The minimum atomic E-state index is 0.0444. The Morgan fingerprint density at radius 3 is 2.47 bits per heavy atom. The molecule has 1 heterocycles. The van der Waals surface area contributed by atoms with E-state index in [1.165, 1.54) is 0 Å². The monoisotopic (exact) mass is 323 g/mol. The Morgan fingerprint density at radius 2 is 2.00 bits per heavy atom. The van der Waals surface area contributed by atoms with Gasteiger partial charge in [0.05, 0.1) is 15.9 Å². The van der Waals surface area contributed by atoms with Gasteiger partial charge in [-0.2, -0.15) is 5.10 Å². The molecule has 0 aliphatic rings. The van der Waals surface area contributed by atoms with E-state index in [0.717, 1.165) is 27.2 Å². The zero-order chi connectivity index (χ0) is 14.0. The quantitative estimate of drug-likeness (QED) is 0.940. The first-order valence-electron chi connectivity index (χ1n) is 6.15. The van der Waals surface area contributed by atoms with Crippen molar-refractivity contribution in [1.82, 2.24) is 9.78 Å². The summed E-state index contributed by atoms with van der Waals surface area (Å²) in [4.78, 5) is 0.